The second-order valence-electron chi connectivity index (χ2n) is 7.32. The standard InChI is InChI=1S/C25H21Cl3N2O5/c26-16-4-9-19(10-5-16)35-20-11-7-18(8-12-20)29-23(31)2-1-3-25(33)34-15-24(32)30-22-13-6-17(27)14-21(22)28/h4-14H,1-3,15H2,(H,29,31)(H,30,32). The van der Waals surface area contributed by atoms with Crippen LogP contribution in [0.2, 0.25) is 15.1 Å². The van der Waals surface area contributed by atoms with Crippen LogP contribution in [0, 0.1) is 0 Å². The molecule has 2 amide bonds. The van der Waals surface area contributed by atoms with Gasteiger partial charge >= 0.3 is 5.97 Å². The Morgan fingerprint density at radius 3 is 2.00 bits per heavy atom. The van der Waals surface area contributed by atoms with Crippen LogP contribution in [0.15, 0.2) is 66.7 Å². The van der Waals surface area contributed by atoms with Gasteiger partial charge in [0.25, 0.3) is 5.91 Å². The summed E-state index contributed by atoms with van der Waals surface area (Å²) in [7, 11) is 0. The number of hydrogen-bond donors (Lipinski definition) is 2. The molecule has 10 heteroatoms. The zero-order valence-corrected chi connectivity index (χ0v) is 20.6. The zero-order chi connectivity index (χ0) is 25.2. The van der Waals surface area contributed by atoms with E-state index in [2.05, 4.69) is 10.6 Å². The number of anilines is 2. The lowest BCUT2D eigenvalue weighted by Crippen LogP contribution is -2.21. The predicted molar refractivity (Wildman–Crippen MR) is 136 cm³/mol. The number of amides is 2. The molecule has 0 aliphatic rings. The van der Waals surface area contributed by atoms with E-state index in [1.165, 1.54) is 6.07 Å². The molecule has 7 nitrogen and oxygen atoms in total. The van der Waals surface area contributed by atoms with Gasteiger partial charge < -0.3 is 20.1 Å². The van der Waals surface area contributed by atoms with Crippen LogP contribution in [-0.4, -0.2) is 24.4 Å². The lowest BCUT2D eigenvalue weighted by molar-refractivity contribution is -0.147. The molecule has 0 unspecified atom stereocenters. The quantitative estimate of drug-likeness (QED) is 0.281. The summed E-state index contributed by atoms with van der Waals surface area (Å²) >= 11 is 17.6. The first-order chi connectivity index (χ1) is 16.8. The number of halogens is 3. The molecule has 182 valence electrons. The number of hydrogen-bond acceptors (Lipinski definition) is 5. The summed E-state index contributed by atoms with van der Waals surface area (Å²) < 4.78 is 10.6. The topological polar surface area (TPSA) is 93.7 Å². The second-order valence-corrected chi connectivity index (χ2v) is 8.60. The van der Waals surface area contributed by atoms with E-state index < -0.39 is 18.5 Å². The van der Waals surface area contributed by atoms with Crippen molar-refractivity contribution in [3.05, 3.63) is 81.8 Å². The van der Waals surface area contributed by atoms with E-state index in [0.717, 1.165) is 0 Å². The third kappa shape index (κ3) is 9.13. The van der Waals surface area contributed by atoms with Crippen molar-refractivity contribution in [2.45, 2.75) is 19.3 Å². The SMILES string of the molecule is O=C(CCCC(=O)OCC(=O)Nc1ccc(Cl)cc1Cl)Nc1ccc(Oc2ccc(Cl)cc2)cc1. The maximum absolute atomic E-state index is 12.1. The highest BCUT2D eigenvalue weighted by atomic mass is 35.5. The lowest BCUT2D eigenvalue weighted by Gasteiger charge is -2.09. The molecule has 0 aliphatic heterocycles. The second kappa shape index (κ2) is 13.0. The molecule has 0 aliphatic carbocycles. The Labute approximate surface area is 217 Å². The number of nitrogens with one attached hydrogen (secondary N) is 2. The van der Waals surface area contributed by atoms with Crippen LogP contribution in [-0.2, 0) is 19.1 Å². The number of carbonyl (C=O) groups is 3. The highest BCUT2D eigenvalue weighted by Gasteiger charge is 2.11. The Balaban J connectivity index is 1.33. The molecular formula is C25H21Cl3N2O5. The highest BCUT2D eigenvalue weighted by Crippen LogP contribution is 2.26. The van der Waals surface area contributed by atoms with E-state index in [1.807, 2.05) is 0 Å². The molecule has 0 atom stereocenters. The highest BCUT2D eigenvalue weighted by molar-refractivity contribution is 6.36. The normalized spacial score (nSPS) is 10.4. The minimum absolute atomic E-state index is 0.00370. The van der Waals surface area contributed by atoms with Crippen LogP contribution in [0.25, 0.3) is 0 Å². The first kappa shape index (κ1) is 26.3. The van der Waals surface area contributed by atoms with Crippen molar-refractivity contribution in [3.8, 4) is 11.5 Å². The van der Waals surface area contributed by atoms with Gasteiger partial charge in [-0.15, -0.1) is 0 Å². The van der Waals surface area contributed by atoms with Crippen LogP contribution < -0.4 is 15.4 Å². The van der Waals surface area contributed by atoms with Crippen molar-refractivity contribution < 1.29 is 23.9 Å². The number of ether oxygens (including phenoxy) is 2. The Morgan fingerprint density at radius 1 is 0.714 bits per heavy atom. The van der Waals surface area contributed by atoms with Crippen LogP contribution in [0.3, 0.4) is 0 Å². The first-order valence-corrected chi connectivity index (χ1v) is 11.7. The van der Waals surface area contributed by atoms with Crippen LogP contribution in [0.5, 0.6) is 11.5 Å². The molecule has 0 radical (unpaired) electrons. The van der Waals surface area contributed by atoms with Gasteiger partial charge in [-0.1, -0.05) is 34.8 Å². The van der Waals surface area contributed by atoms with Crippen LogP contribution in [0.4, 0.5) is 11.4 Å². The molecule has 0 aromatic heterocycles. The van der Waals surface area contributed by atoms with Gasteiger partial charge in [-0.05, 0) is 73.2 Å². The van der Waals surface area contributed by atoms with Crippen molar-refractivity contribution in [3.63, 3.8) is 0 Å². The summed E-state index contributed by atoms with van der Waals surface area (Å²) in [6.45, 7) is -0.464. The van der Waals surface area contributed by atoms with Crippen molar-refractivity contribution in [1.82, 2.24) is 0 Å². The summed E-state index contributed by atoms with van der Waals surface area (Å²) in [5.74, 6) is -0.123. The zero-order valence-electron chi connectivity index (χ0n) is 18.4. The minimum Gasteiger partial charge on any atom is -0.457 e. The maximum Gasteiger partial charge on any atom is 0.306 e. The maximum atomic E-state index is 12.1. The first-order valence-electron chi connectivity index (χ1n) is 10.5. The van der Waals surface area contributed by atoms with Crippen molar-refractivity contribution in [2.24, 2.45) is 0 Å². The van der Waals surface area contributed by atoms with Gasteiger partial charge in [-0.25, -0.2) is 0 Å². The minimum atomic E-state index is -0.584. The molecule has 0 saturated heterocycles. The molecule has 0 bridgehead atoms. The molecule has 0 heterocycles. The average Bonchev–Trinajstić information content (AvgIpc) is 2.82. The van der Waals surface area contributed by atoms with Crippen molar-refractivity contribution >= 4 is 64.0 Å². The van der Waals surface area contributed by atoms with E-state index in [9.17, 15) is 14.4 Å². The van der Waals surface area contributed by atoms with E-state index in [4.69, 9.17) is 44.3 Å². The summed E-state index contributed by atoms with van der Waals surface area (Å²) in [5, 5.41) is 6.60. The molecular weight excluding hydrogens is 515 g/mol. The van der Waals surface area contributed by atoms with E-state index in [1.54, 1.807) is 60.7 Å². The van der Waals surface area contributed by atoms with Crippen LogP contribution >= 0.6 is 34.8 Å². The molecule has 2 N–H and O–H groups in total. The largest absolute Gasteiger partial charge is 0.457 e. The smallest absolute Gasteiger partial charge is 0.306 e. The molecule has 3 aromatic rings. The van der Waals surface area contributed by atoms with Crippen molar-refractivity contribution in [2.75, 3.05) is 17.2 Å². The Bertz CT molecular complexity index is 1180. The Morgan fingerprint density at radius 2 is 1.34 bits per heavy atom. The van der Waals surface area contributed by atoms with Crippen LogP contribution in [0.1, 0.15) is 19.3 Å². The predicted octanol–water partition coefficient (Wildman–Crippen LogP) is 6.73. The molecule has 0 fully saturated rings. The number of carbonyl (C=O) groups excluding carboxylic acids is 3. The van der Waals surface area contributed by atoms with E-state index in [-0.39, 0.29) is 30.2 Å². The number of esters is 1. The van der Waals surface area contributed by atoms with Gasteiger partial charge in [0.05, 0.1) is 10.7 Å². The number of benzene rings is 3. The summed E-state index contributed by atoms with van der Waals surface area (Å²) in [5.41, 5.74) is 0.955. The van der Waals surface area contributed by atoms with Gasteiger partial charge in [-0.3, -0.25) is 14.4 Å². The lowest BCUT2D eigenvalue weighted by atomic mass is 10.2. The third-order valence-corrected chi connectivity index (χ3v) is 5.34. The summed E-state index contributed by atoms with van der Waals surface area (Å²) in [6, 6.07) is 18.4. The molecule has 3 rings (SSSR count). The molecule has 0 saturated carbocycles. The fourth-order valence-corrected chi connectivity index (χ4v) is 3.44. The van der Waals surface area contributed by atoms with E-state index in [0.29, 0.717) is 32.9 Å². The van der Waals surface area contributed by atoms with Gasteiger partial charge in [0.2, 0.25) is 5.91 Å². The number of rotatable bonds is 10. The molecule has 3 aromatic carbocycles. The van der Waals surface area contributed by atoms with Gasteiger partial charge in [-0.2, -0.15) is 0 Å². The van der Waals surface area contributed by atoms with Gasteiger partial charge in [0.15, 0.2) is 6.61 Å². The van der Waals surface area contributed by atoms with Gasteiger partial charge in [0, 0.05) is 28.6 Å². The average molecular weight is 536 g/mol. The fourth-order valence-electron chi connectivity index (χ4n) is 2.86. The third-order valence-electron chi connectivity index (χ3n) is 4.54. The van der Waals surface area contributed by atoms with Gasteiger partial charge in [0.1, 0.15) is 11.5 Å². The van der Waals surface area contributed by atoms with E-state index >= 15 is 0 Å². The summed E-state index contributed by atoms with van der Waals surface area (Å²) in [4.78, 5) is 35.9. The Kier molecular flexibility index (Phi) is 9.78. The molecule has 35 heavy (non-hydrogen) atoms. The molecule has 0 spiro atoms. The monoisotopic (exact) mass is 534 g/mol. The summed E-state index contributed by atoms with van der Waals surface area (Å²) in [6.07, 6.45) is 0.383. The fraction of sp³-hybridized carbons (Fsp3) is 0.160. The Hall–Kier alpha value is -3.26. The van der Waals surface area contributed by atoms with Crippen molar-refractivity contribution in [1.29, 1.82) is 0 Å².